The summed E-state index contributed by atoms with van der Waals surface area (Å²) in [5.41, 5.74) is 3.02. The highest BCUT2D eigenvalue weighted by molar-refractivity contribution is 7.89. The first-order valence-electron chi connectivity index (χ1n) is 7.98. The lowest BCUT2D eigenvalue weighted by atomic mass is 10.1. The zero-order chi connectivity index (χ0) is 18.6. The van der Waals surface area contributed by atoms with Crippen LogP contribution in [0.1, 0.15) is 29.3 Å². The number of aryl methyl sites for hydroxylation is 3. The Balaban J connectivity index is 2.08. The third-order valence-electron chi connectivity index (χ3n) is 3.77. The molecule has 0 fully saturated rings. The van der Waals surface area contributed by atoms with E-state index in [4.69, 9.17) is 0 Å². The highest BCUT2D eigenvalue weighted by Gasteiger charge is 2.25. The number of aromatic nitrogens is 1. The van der Waals surface area contributed by atoms with E-state index in [0.29, 0.717) is 16.8 Å². The van der Waals surface area contributed by atoms with Crippen molar-refractivity contribution in [3.8, 4) is 0 Å². The van der Waals surface area contributed by atoms with Crippen LogP contribution in [0.3, 0.4) is 0 Å². The van der Waals surface area contributed by atoms with Gasteiger partial charge in [0.15, 0.2) is 0 Å². The zero-order valence-electron chi connectivity index (χ0n) is 14.8. The molecule has 2 aromatic rings. The van der Waals surface area contributed by atoms with E-state index >= 15 is 0 Å². The van der Waals surface area contributed by atoms with Crippen molar-refractivity contribution >= 4 is 15.9 Å². The summed E-state index contributed by atoms with van der Waals surface area (Å²) < 4.78 is 27.8. The first-order chi connectivity index (χ1) is 11.7. The fourth-order valence-electron chi connectivity index (χ4n) is 2.77. The van der Waals surface area contributed by atoms with Crippen molar-refractivity contribution < 1.29 is 13.2 Å². The second-order valence-electron chi connectivity index (χ2n) is 6.11. The summed E-state index contributed by atoms with van der Waals surface area (Å²) in [6, 6.07) is 8.13. The largest absolute Gasteiger partial charge is 0.349 e. The lowest BCUT2D eigenvalue weighted by molar-refractivity contribution is -0.122. The van der Waals surface area contributed by atoms with Crippen molar-refractivity contribution in [1.82, 2.24) is 15.0 Å². The lowest BCUT2D eigenvalue weighted by Crippen LogP contribution is -2.44. The minimum atomic E-state index is -3.79. The summed E-state index contributed by atoms with van der Waals surface area (Å²) in [4.78, 5) is 16.5. The third kappa shape index (κ3) is 4.87. The molecule has 0 aliphatic heterocycles. The van der Waals surface area contributed by atoms with E-state index in [1.807, 2.05) is 25.1 Å². The smallest absolute Gasteiger partial charge is 0.241 e. The Kier molecular flexibility index (Phi) is 5.92. The summed E-state index contributed by atoms with van der Waals surface area (Å²) in [5.74, 6) is -0.406. The molecule has 1 aromatic heterocycles. The number of sulfonamides is 1. The van der Waals surface area contributed by atoms with Crippen LogP contribution >= 0.6 is 0 Å². The maximum absolute atomic E-state index is 12.7. The first-order valence-corrected chi connectivity index (χ1v) is 9.47. The van der Waals surface area contributed by atoms with Crippen molar-refractivity contribution in [2.45, 2.75) is 45.2 Å². The van der Waals surface area contributed by atoms with Gasteiger partial charge in [-0.05, 0) is 51.0 Å². The minimum absolute atomic E-state index is 0.225. The summed E-state index contributed by atoms with van der Waals surface area (Å²) in [6.07, 6.45) is 1.64. The quantitative estimate of drug-likeness (QED) is 0.824. The molecule has 2 N–H and O–H groups in total. The van der Waals surface area contributed by atoms with E-state index in [2.05, 4.69) is 15.0 Å². The van der Waals surface area contributed by atoms with Crippen molar-refractivity contribution in [3.05, 3.63) is 58.9 Å². The normalized spacial score (nSPS) is 12.6. The van der Waals surface area contributed by atoms with Crippen LogP contribution in [0.2, 0.25) is 0 Å². The van der Waals surface area contributed by atoms with E-state index in [9.17, 15) is 13.2 Å². The number of benzene rings is 1. The topological polar surface area (TPSA) is 88.2 Å². The Labute approximate surface area is 148 Å². The van der Waals surface area contributed by atoms with Crippen LogP contribution in [0.25, 0.3) is 0 Å². The highest BCUT2D eigenvalue weighted by Crippen LogP contribution is 2.21. The van der Waals surface area contributed by atoms with Crippen molar-refractivity contribution in [3.63, 3.8) is 0 Å². The van der Waals surface area contributed by atoms with Gasteiger partial charge in [-0.25, -0.2) is 8.42 Å². The van der Waals surface area contributed by atoms with Gasteiger partial charge in [-0.1, -0.05) is 23.8 Å². The molecule has 134 valence electrons. The van der Waals surface area contributed by atoms with Crippen LogP contribution in [0.5, 0.6) is 0 Å². The first kappa shape index (κ1) is 19.1. The Hall–Kier alpha value is -2.25. The Morgan fingerprint density at radius 2 is 1.80 bits per heavy atom. The molecule has 0 saturated carbocycles. The van der Waals surface area contributed by atoms with Crippen LogP contribution in [0.4, 0.5) is 0 Å². The zero-order valence-corrected chi connectivity index (χ0v) is 15.6. The maximum Gasteiger partial charge on any atom is 0.241 e. The van der Waals surface area contributed by atoms with Gasteiger partial charge in [0, 0.05) is 6.20 Å². The number of pyridine rings is 1. The maximum atomic E-state index is 12.7. The molecule has 0 bridgehead atoms. The number of carbonyl (C=O) groups is 1. The molecule has 1 amide bonds. The van der Waals surface area contributed by atoms with Crippen molar-refractivity contribution in [2.75, 3.05) is 0 Å². The highest BCUT2D eigenvalue weighted by atomic mass is 32.2. The molecule has 0 radical (unpaired) electrons. The van der Waals surface area contributed by atoms with Gasteiger partial charge in [-0.2, -0.15) is 4.72 Å². The number of amides is 1. The molecule has 0 aliphatic carbocycles. The fraction of sp³-hybridized carbons (Fsp3) is 0.333. The van der Waals surface area contributed by atoms with E-state index in [-0.39, 0.29) is 11.4 Å². The van der Waals surface area contributed by atoms with Gasteiger partial charge in [0.25, 0.3) is 0 Å². The molecule has 6 nitrogen and oxygen atoms in total. The molecule has 0 aliphatic rings. The molecular weight excluding hydrogens is 338 g/mol. The van der Waals surface area contributed by atoms with Gasteiger partial charge in [-0.3, -0.25) is 9.78 Å². The summed E-state index contributed by atoms with van der Waals surface area (Å²) in [5, 5.41) is 2.68. The monoisotopic (exact) mass is 361 g/mol. The fourth-order valence-corrected chi connectivity index (χ4v) is 4.43. The Morgan fingerprint density at radius 1 is 1.16 bits per heavy atom. The second kappa shape index (κ2) is 7.76. The Morgan fingerprint density at radius 3 is 2.36 bits per heavy atom. The van der Waals surface area contributed by atoms with Gasteiger partial charge in [0.1, 0.15) is 0 Å². The van der Waals surface area contributed by atoms with Gasteiger partial charge < -0.3 is 5.32 Å². The second-order valence-corrected chi connectivity index (χ2v) is 7.76. The van der Waals surface area contributed by atoms with Crippen molar-refractivity contribution in [1.29, 1.82) is 0 Å². The molecule has 7 heteroatoms. The average molecular weight is 361 g/mol. The van der Waals surface area contributed by atoms with Gasteiger partial charge >= 0.3 is 0 Å². The van der Waals surface area contributed by atoms with E-state index in [0.717, 1.165) is 5.56 Å². The van der Waals surface area contributed by atoms with Gasteiger partial charge in [-0.15, -0.1) is 0 Å². The minimum Gasteiger partial charge on any atom is -0.349 e. The van der Waals surface area contributed by atoms with E-state index < -0.39 is 22.0 Å². The molecule has 0 saturated heterocycles. The van der Waals surface area contributed by atoms with E-state index in [1.165, 1.54) is 6.92 Å². The van der Waals surface area contributed by atoms with Gasteiger partial charge in [0.2, 0.25) is 15.9 Å². The summed E-state index contributed by atoms with van der Waals surface area (Å²) >= 11 is 0. The molecule has 25 heavy (non-hydrogen) atoms. The number of hydrogen-bond donors (Lipinski definition) is 2. The summed E-state index contributed by atoms with van der Waals surface area (Å²) in [7, 11) is -3.79. The predicted octanol–water partition coefficient (Wildman–Crippen LogP) is 1.99. The number of rotatable bonds is 6. The number of carbonyl (C=O) groups excluding carboxylic acids is 1. The molecular formula is C18H23N3O3S. The molecule has 2 rings (SSSR count). The molecule has 1 heterocycles. The van der Waals surface area contributed by atoms with Crippen LogP contribution in [-0.4, -0.2) is 25.4 Å². The van der Waals surface area contributed by atoms with Crippen LogP contribution in [0, 0.1) is 20.8 Å². The SMILES string of the molecule is Cc1cc(C)c(S(=O)(=O)NC(C)C(=O)NCc2ccccn2)c(C)c1. The summed E-state index contributed by atoms with van der Waals surface area (Å²) in [6.45, 7) is 7.18. The number of nitrogens with zero attached hydrogens (tertiary/aromatic N) is 1. The Bertz CT molecular complexity index is 841. The van der Waals surface area contributed by atoms with Crippen LogP contribution in [-0.2, 0) is 21.4 Å². The van der Waals surface area contributed by atoms with Crippen molar-refractivity contribution in [2.24, 2.45) is 0 Å². The number of hydrogen-bond acceptors (Lipinski definition) is 4. The predicted molar refractivity (Wildman–Crippen MR) is 96.5 cm³/mol. The number of nitrogens with one attached hydrogen (secondary N) is 2. The van der Waals surface area contributed by atoms with Crippen LogP contribution in [0.15, 0.2) is 41.4 Å². The standard InChI is InChI=1S/C18H23N3O3S/c1-12-9-13(2)17(14(3)10-12)25(23,24)21-15(4)18(22)20-11-16-7-5-6-8-19-16/h5-10,15,21H,11H2,1-4H3,(H,20,22). The third-order valence-corrected chi connectivity index (χ3v) is 5.61. The molecule has 1 aromatic carbocycles. The molecule has 0 spiro atoms. The molecule has 1 unspecified atom stereocenters. The molecule has 1 atom stereocenters. The van der Waals surface area contributed by atoms with E-state index in [1.54, 1.807) is 32.2 Å². The average Bonchev–Trinajstić information content (AvgIpc) is 2.51. The lowest BCUT2D eigenvalue weighted by Gasteiger charge is -2.17. The van der Waals surface area contributed by atoms with Gasteiger partial charge in [0.05, 0.1) is 23.2 Å². The van der Waals surface area contributed by atoms with Crippen LogP contribution < -0.4 is 10.0 Å².